The highest BCUT2D eigenvalue weighted by Gasteiger charge is 2.33. The topological polar surface area (TPSA) is 9.23 Å². The molecule has 0 radical (unpaired) electrons. The maximum absolute atomic E-state index is 12.6. The standard InChI is InChI=1S/C12H12F6O/c1-7(2)8-3-9(12(16,17)18)5-10(4-8)19-6-11(13,14)15/h3-5,7H,6H2,1-2H3. The summed E-state index contributed by atoms with van der Waals surface area (Å²) in [5.74, 6) is -0.689. The van der Waals surface area contributed by atoms with Crippen molar-refractivity contribution in [3.05, 3.63) is 29.3 Å². The Kier molecular flexibility index (Phi) is 4.37. The minimum absolute atomic E-state index is 0.254. The third-order valence-corrected chi connectivity index (χ3v) is 2.33. The van der Waals surface area contributed by atoms with Crippen LogP contribution in [-0.4, -0.2) is 12.8 Å². The number of halogens is 6. The second-order valence-corrected chi connectivity index (χ2v) is 4.35. The van der Waals surface area contributed by atoms with Crippen LogP contribution in [0.1, 0.15) is 30.9 Å². The summed E-state index contributed by atoms with van der Waals surface area (Å²) in [5.41, 5.74) is -0.747. The molecule has 0 spiro atoms. The second kappa shape index (κ2) is 5.30. The lowest BCUT2D eigenvalue weighted by Gasteiger charge is -2.15. The van der Waals surface area contributed by atoms with Gasteiger partial charge >= 0.3 is 12.4 Å². The largest absolute Gasteiger partial charge is 0.484 e. The van der Waals surface area contributed by atoms with E-state index in [-0.39, 0.29) is 11.5 Å². The Labute approximate surface area is 106 Å². The molecule has 1 aromatic rings. The fraction of sp³-hybridized carbons (Fsp3) is 0.500. The van der Waals surface area contributed by atoms with Gasteiger partial charge in [0.25, 0.3) is 0 Å². The van der Waals surface area contributed by atoms with Gasteiger partial charge in [0.2, 0.25) is 0 Å². The molecule has 0 saturated heterocycles. The molecule has 1 aromatic carbocycles. The number of hydrogen-bond donors (Lipinski definition) is 0. The molecule has 0 amide bonds. The summed E-state index contributed by atoms with van der Waals surface area (Å²) in [6.07, 6.45) is -9.21. The molecule has 0 aromatic heterocycles. The van der Waals surface area contributed by atoms with Crippen LogP contribution in [0.2, 0.25) is 0 Å². The Hall–Kier alpha value is -1.40. The number of hydrogen-bond acceptors (Lipinski definition) is 1. The van der Waals surface area contributed by atoms with E-state index in [0.29, 0.717) is 6.07 Å². The van der Waals surface area contributed by atoms with Crippen molar-refractivity contribution in [1.82, 2.24) is 0 Å². The van der Waals surface area contributed by atoms with Crippen LogP contribution in [0.4, 0.5) is 26.3 Å². The summed E-state index contributed by atoms with van der Waals surface area (Å²) in [6.45, 7) is 1.66. The van der Waals surface area contributed by atoms with Gasteiger partial charge in [0.15, 0.2) is 6.61 Å². The van der Waals surface area contributed by atoms with Crippen LogP contribution in [0, 0.1) is 0 Å². The van der Waals surface area contributed by atoms with Gasteiger partial charge in [-0.3, -0.25) is 0 Å². The minimum atomic E-state index is -4.62. The second-order valence-electron chi connectivity index (χ2n) is 4.35. The van der Waals surface area contributed by atoms with Gasteiger partial charge in [-0.05, 0) is 29.7 Å². The predicted molar refractivity (Wildman–Crippen MR) is 57.1 cm³/mol. The predicted octanol–water partition coefficient (Wildman–Crippen LogP) is 4.77. The highest BCUT2D eigenvalue weighted by atomic mass is 19.4. The molecule has 0 bridgehead atoms. The van der Waals surface area contributed by atoms with Gasteiger partial charge in [-0.15, -0.1) is 0 Å². The lowest BCUT2D eigenvalue weighted by atomic mass is 10.00. The number of alkyl halides is 6. The molecule has 0 N–H and O–H groups in total. The van der Waals surface area contributed by atoms with Gasteiger partial charge in [-0.2, -0.15) is 26.3 Å². The first-order chi connectivity index (χ1) is 8.49. The van der Waals surface area contributed by atoms with Crippen molar-refractivity contribution in [3.63, 3.8) is 0 Å². The zero-order valence-corrected chi connectivity index (χ0v) is 10.2. The molecule has 108 valence electrons. The number of rotatable bonds is 3. The molecule has 0 aliphatic rings. The third-order valence-electron chi connectivity index (χ3n) is 2.33. The Morgan fingerprint density at radius 1 is 1.00 bits per heavy atom. The van der Waals surface area contributed by atoms with E-state index in [2.05, 4.69) is 4.74 Å². The Bertz CT molecular complexity index is 433. The first-order valence-corrected chi connectivity index (χ1v) is 5.41. The molecule has 0 atom stereocenters. The molecule has 1 rings (SSSR count). The maximum atomic E-state index is 12.6. The average molecular weight is 286 g/mol. The summed E-state index contributed by atoms with van der Waals surface area (Å²) in [5, 5.41) is 0. The van der Waals surface area contributed by atoms with Crippen LogP contribution in [0.5, 0.6) is 5.75 Å². The number of benzene rings is 1. The molecule has 0 aliphatic carbocycles. The van der Waals surface area contributed by atoms with Crippen LogP contribution in [0.25, 0.3) is 0 Å². The van der Waals surface area contributed by atoms with Gasteiger partial charge < -0.3 is 4.74 Å². The zero-order valence-electron chi connectivity index (χ0n) is 10.2. The minimum Gasteiger partial charge on any atom is -0.484 e. The molecule has 19 heavy (non-hydrogen) atoms. The summed E-state index contributed by atoms with van der Waals surface area (Å²) in [4.78, 5) is 0. The van der Waals surface area contributed by atoms with E-state index in [0.717, 1.165) is 6.07 Å². The third kappa shape index (κ3) is 5.00. The van der Waals surface area contributed by atoms with Gasteiger partial charge in [0.05, 0.1) is 5.56 Å². The van der Waals surface area contributed by atoms with Crippen molar-refractivity contribution in [1.29, 1.82) is 0 Å². The SMILES string of the molecule is CC(C)c1cc(OCC(F)(F)F)cc(C(F)(F)F)c1. The highest BCUT2D eigenvalue weighted by molar-refractivity contribution is 5.37. The molecular weight excluding hydrogens is 274 g/mol. The quantitative estimate of drug-likeness (QED) is 0.727. The lowest BCUT2D eigenvalue weighted by molar-refractivity contribution is -0.153. The summed E-state index contributed by atoms with van der Waals surface area (Å²) in [7, 11) is 0. The molecule has 0 unspecified atom stereocenters. The van der Waals surface area contributed by atoms with Crippen molar-refractivity contribution < 1.29 is 31.1 Å². The Morgan fingerprint density at radius 3 is 2.00 bits per heavy atom. The van der Waals surface area contributed by atoms with Gasteiger partial charge in [-0.1, -0.05) is 13.8 Å². The van der Waals surface area contributed by atoms with Crippen molar-refractivity contribution >= 4 is 0 Å². The van der Waals surface area contributed by atoms with Crippen LogP contribution in [-0.2, 0) is 6.18 Å². The first-order valence-electron chi connectivity index (χ1n) is 5.41. The van der Waals surface area contributed by atoms with Gasteiger partial charge in [0, 0.05) is 0 Å². The zero-order chi connectivity index (χ0) is 14.8. The Morgan fingerprint density at radius 2 is 1.58 bits per heavy atom. The van der Waals surface area contributed by atoms with Crippen molar-refractivity contribution in [2.45, 2.75) is 32.1 Å². The van der Waals surface area contributed by atoms with E-state index < -0.39 is 30.3 Å². The summed E-state index contributed by atoms with van der Waals surface area (Å²) < 4.78 is 78.2. The van der Waals surface area contributed by atoms with E-state index in [9.17, 15) is 26.3 Å². The molecule has 0 fully saturated rings. The van der Waals surface area contributed by atoms with Crippen LogP contribution >= 0.6 is 0 Å². The van der Waals surface area contributed by atoms with E-state index in [1.165, 1.54) is 6.07 Å². The van der Waals surface area contributed by atoms with Crippen LogP contribution in [0.15, 0.2) is 18.2 Å². The maximum Gasteiger partial charge on any atom is 0.422 e. The normalized spacial score (nSPS) is 12.9. The lowest BCUT2D eigenvalue weighted by Crippen LogP contribution is -2.19. The molecule has 7 heteroatoms. The van der Waals surface area contributed by atoms with E-state index >= 15 is 0 Å². The average Bonchev–Trinajstić information content (AvgIpc) is 2.23. The first kappa shape index (κ1) is 15.7. The van der Waals surface area contributed by atoms with Crippen LogP contribution < -0.4 is 4.74 Å². The molecule has 0 aliphatic heterocycles. The summed E-state index contributed by atoms with van der Waals surface area (Å²) >= 11 is 0. The van der Waals surface area contributed by atoms with E-state index in [1.807, 2.05) is 0 Å². The van der Waals surface area contributed by atoms with Crippen molar-refractivity contribution in [3.8, 4) is 5.75 Å². The molecular formula is C12H12F6O. The van der Waals surface area contributed by atoms with Crippen molar-refractivity contribution in [2.75, 3.05) is 6.61 Å². The highest BCUT2D eigenvalue weighted by Crippen LogP contribution is 2.34. The summed E-state index contributed by atoms with van der Waals surface area (Å²) in [6, 6.07) is 2.66. The van der Waals surface area contributed by atoms with Gasteiger partial charge in [-0.25, -0.2) is 0 Å². The molecule has 1 nitrogen and oxygen atoms in total. The monoisotopic (exact) mass is 286 g/mol. The van der Waals surface area contributed by atoms with E-state index in [1.54, 1.807) is 13.8 Å². The fourth-order valence-corrected chi connectivity index (χ4v) is 1.37. The van der Waals surface area contributed by atoms with Crippen molar-refractivity contribution in [2.24, 2.45) is 0 Å². The number of ether oxygens (including phenoxy) is 1. The smallest absolute Gasteiger partial charge is 0.422 e. The Balaban J connectivity index is 3.07. The molecule has 0 heterocycles. The van der Waals surface area contributed by atoms with Crippen LogP contribution in [0.3, 0.4) is 0 Å². The van der Waals surface area contributed by atoms with Gasteiger partial charge in [0.1, 0.15) is 5.75 Å². The van der Waals surface area contributed by atoms with E-state index in [4.69, 9.17) is 0 Å². The molecule has 0 saturated carbocycles. The fourth-order valence-electron chi connectivity index (χ4n) is 1.37.